The van der Waals surface area contributed by atoms with Gasteiger partial charge < -0.3 is 5.32 Å². The summed E-state index contributed by atoms with van der Waals surface area (Å²) in [5.74, 6) is -0.830. The van der Waals surface area contributed by atoms with Crippen molar-refractivity contribution in [1.82, 2.24) is 5.32 Å². The Morgan fingerprint density at radius 3 is 2.38 bits per heavy atom. The minimum atomic E-state index is -4.47. The van der Waals surface area contributed by atoms with Crippen LogP contribution in [0.25, 0.3) is 0 Å². The Morgan fingerprint density at radius 1 is 1.08 bits per heavy atom. The fraction of sp³-hybridized carbons (Fsp3) is 0.263. The topological polar surface area (TPSA) is 49.4 Å². The molecule has 1 aliphatic heterocycles. The number of halogens is 3. The number of carbonyl (C=O) groups is 2. The highest BCUT2D eigenvalue weighted by atomic mass is 19.4. The van der Waals surface area contributed by atoms with E-state index < -0.39 is 23.7 Å². The van der Waals surface area contributed by atoms with Gasteiger partial charge in [0.2, 0.25) is 5.91 Å². The molecule has 3 rings (SSSR count). The van der Waals surface area contributed by atoms with Crippen molar-refractivity contribution in [2.75, 3.05) is 4.90 Å². The molecule has 7 heteroatoms. The maximum Gasteiger partial charge on any atom is 0.416 e. The molecule has 0 bridgehead atoms. The van der Waals surface area contributed by atoms with Crippen LogP contribution in [-0.4, -0.2) is 17.9 Å². The first-order valence-corrected chi connectivity index (χ1v) is 8.09. The third-order valence-electron chi connectivity index (χ3n) is 4.30. The van der Waals surface area contributed by atoms with Gasteiger partial charge in [0.25, 0.3) is 5.91 Å². The van der Waals surface area contributed by atoms with Gasteiger partial charge in [-0.05, 0) is 30.7 Å². The lowest BCUT2D eigenvalue weighted by Crippen LogP contribution is -2.38. The summed E-state index contributed by atoms with van der Waals surface area (Å²) in [5.41, 5.74) is 0.741. The van der Waals surface area contributed by atoms with Crippen molar-refractivity contribution < 1.29 is 22.8 Å². The number of carbonyl (C=O) groups excluding carboxylic acids is 2. The third-order valence-corrected chi connectivity index (χ3v) is 4.30. The minimum absolute atomic E-state index is 0.0361. The largest absolute Gasteiger partial charge is 0.416 e. The van der Waals surface area contributed by atoms with E-state index in [2.05, 4.69) is 5.32 Å². The molecular formula is C19H17F3N2O2. The predicted octanol–water partition coefficient (Wildman–Crippen LogP) is 3.44. The fourth-order valence-corrected chi connectivity index (χ4v) is 2.94. The number of nitrogens with one attached hydrogen (secondary N) is 1. The molecule has 1 aliphatic rings. The number of amides is 2. The summed E-state index contributed by atoms with van der Waals surface area (Å²) in [6.07, 6.45) is -4.55. The lowest BCUT2D eigenvalue weighted by molar-refractivity contribution is -0.138. The second-order valence-corrected chi connectivity index (χ2v) is 6.20. The molecule has 1 fully saturated rings. The van der Waals surface area contributed by atoms with Gasteiger partial charge in [-0.1, -0.05) is 35.9 Å². The van der Waals surface area contributed by atoms with E-state index in [4.69, 9.17) is 0 Å². The van der Waals surface area contributed by atoms with Crippen LogP contribution in [0.3, 0.4) is 0 Å². The number of benzene rings is 2. The van der Waals surface area contributed by atoms with E-state index in [1.54, 1.807) is 24.3 Å². The number of nitrogens with zero attached hydrogens (tertiary/aromatic N) is 1. The van der Waals surface area contributed by atoms with Crippen LogP contribution in [0, 0.1) is 6.92 Å². The molecule has 0 saturated carbocycles. The first-order chi connectivity index (χ1) is 12.3. The van der Waals surface area contributed by atoms with Crippen molar-refractivity contribution in [1.29, 1.82) is 0 Å². The molecule has 1 saturated heterocycles. The van der Waals surface area contributed by atoms with Gasteiger partial charge in [0, 0.05) is 6.54 Å². The van der Waals surface area contributed by atoms with Gasteiger partial charge in [0.1, 0.15) is 0 Å². The number of alkyl halides is 3. The molecule has 2 aromatic rings. The molecular weight excluding hydrogens is 345 g/mol. The average Bonchev–Trinajstić information content (AvgIpc) is 2.87. The predicted molar refractivity (Wildman–Crippen MR) is 90.4 cm³/mol. The second kappa shape index (κ2) is 6.92. The lowest BCUT2D eigenvalue weighted by atomic mass is 10.1. The Bertz CT molecular complexity index is 831. The second-order valence-electron chi connectivity index (χ2n) is 6.20. The molecule has 1 N–H and O–H groups in total. The lowest BCUT2D eigenvalue weighted by Gasteiger charge is -2.17. The normalized spacial score (nSPS) is 17.8. The smallest absolute Gasteiger partial charge is 0.301 e. The van der Waals surface area contributed by atoms with Crippen LogP contribution in [0.1, 0.15) is 23.1 Å². The Balaban J connectivity index is 1.74. The summed E-state index contributed by atoms with van der Waals surface area (Å²) in [4.78, 5) is 25.8. The molecule has 0 spiro atoms. The quantitative estimate of drug-likeness (QED) is 0.848. The van der Waals surface area contributed by atoms with Gasteiger partial charge in [0.15, 0.2) is 0 Å². The average molecular weight is 362 g/mol. The molecule has 1 atom stereocenters. The van der Waals surface area contributed by atoms with Gasteiger partial charge in [0.05, 0.1) is 23.7 Å². The number of anilines is 1. The summed E-state index contributed by atoms with van der Waals surface area (Å²) >= 11 is 0. The number of imide groups is 1. The van der Waals surface area contributed by atoms with Crippen LogP contribution in [0.5, 0.6) is 0 Å². The fourth-order valence-electron chi connectivity index (χ4n) is 2.94. The van der Waals surface area contributed by atoms with Gasteiger partial charge in [-0.15, -0.1) is 0 Å². The summed E-state index contributed by atoms with van der Waals surface area (Å²) < 4.78 is 39.1. The molecule has 26 heavy (non-hydrogen) atoms. The van der Waals surface area contributed by atoms with Crippen molar-refractivity contribution in [2.24, 2.45) is 0 Å². The Morgan fingerprint density at radius 2 is 1.73 bits per heavy atom. The summed E-state index contributed by atoms with van der Waals surface area (Å²) in [6.45, 7) is 1.74. The molecule has 0 aliphatic carbocycles. The van der Waals surface area contributed by atoms with Crippen molar-refractivity contribution in [3.63, 3.8) is 0 Å². The van der Waals surface area contributed by atoms with Crippen molar-refractivity contribution in [2.45, 2.75) is 32.1 Å². The minimum Gasteiger partial charge on any atom is -0.301 e. The standard InChI is InChI=1S/C19H17F3N2O2/c1-12-6-8-14(9-7-12)24-17(25)10-16(18(24)26)23-11-13-4-2-3-5-15(13)19(20,21)22/h2-9,16,23H,10-11H2,1H3. The number of aryl methyl sites for hydroxylation is 1. The Labute approximate surface area is 148 Å². The SMILES string of the molecule is Cc1ccc(N2C(=O)CC(NCc3ccccc3C(F)(F)F)C2=O)cc1. The Hall–Kier alpha value is -2.67. The van der Waals surface area contributed by atoms with E-state index in [9.17, 15) is 22.8 Å². The van der Waals surface area contributed by atoms with Crippen LogP contribution in [0.2, 0.25) is 0 Å². The molecule has 0 radical (unpaired) electrons. The molecule has 136 valence electrons. The highest BCUT2D eigenvalue weighted by Gasteiger charge is 2.39. The molecule has 1 heterocycles. The molecule has 2 amide bonds. The first kappa shape index (κ1) is 18.1. The molecule has 2 aromatic carbocycles. The number of hydrogen-bond acceptors (Lipinski definition) is 3. The van der Waals surface area contributed by atoms with Gasteiger partial charge in [-0.3, -0.25) is 9.59 Å². The maximum atomic E-state index is 13.0. The van der Waals surface area contributed by atoms with Gasteiger partial charge >= 0.3 is 6.18 Å². The summed E-state index contributed by atoms with van der Waals surface area (Å²) in [5, 5.41) is 2.79. The zero-order chi connectivity index (χ0) is 18.9. The van der Waals surface area contributed by atoms with Crippen molar-refractivity contribution >= 4 is 17.5 Å². The number of hydrogen-bond donors (Lipinski definition) is 1. The first-order valence-electron chi connectivity index (χ1n) is 8.09. The van der Waals surface area contributed by atoms with Crippen LogP contribution in [0.15, 0.2) is 48.5 Å². The molecule has 0 aromatic heterocycles. The number of rotatable bonds is 4. The highest BCUT2D eigenvalue weighted by Crippen LogP contribution is 2.32. The van der Waals surface area contributed by atoms with E-state index >= 15 is 0 Å². The molecule has 4 nitrogen and oxygen atoms in total. The van der Waals surface area contributed by atoms with Crippen LogP contribution in [-0.2, 0) is 22.3 Å². The van der Waals surface area contributed by atoms with Crippen LogP contribution >= 0.6 is 0 Å². The summed E-state index contributed by atoms with van der Waals surface area (Å²) in [6, 6.07) is 11.3. The van der Waals surface area contributed by atoms with Crippen LogP contribution in [0.4, 0.5) is 18.9 Å². The van der Waals surface area contributed by atoms with E-state index in [1.807, 2.05) is 6.92 Å². The van der Waals surface area contributed by atoms with Gasteiger partial charge in [-0.25, -0.2) is 4.90 Å². The third kappa shape index (κ3) is 3.62. The van der Waals surface area contributed by atoms with Crippen LogP contribution < -0.4 is 10.2 Å². The Kier molecular flexibility index (Phi) is 4.82. The zero-order valence-electron chi connectivity index (χ0n) is 14.0. The highest BCUT2D eigenvalue weighted by molar-refractivity contribution is 6.22. The summed E-state index contributed by atoms with van der Waals surface area (Å²) in [7, 11) is 0. The van der Waals surface area contributed by atoms with Gasteiger partial charge in [-0.2, -0.15) is 13.2 Å². The monoisotopic (exact) mass is 362 g/mol. The molecule has 1 unspecified atom stereocenters. The van der Waals surface area contributed by atoms with E-state index in [0.29, 0.717) is 5.69 Å². The maximum absolute atomic E-state index is 13.0. The van der Waals surface area contributed by atoms with Crippen molar-refractivity contribution in [3.8, 4) is 0 Å². The zero-order valence-corrected chi connectivity index (χ0v) is 14.0. The van der Waals surface area contributed by atoms with E-state index in [1.165, 1.54) is 18.2 Å². The van der Waals surface area contributed by atoms with E-state index in [0.717, 1.165) is 16.5 Å². The van der Waals surface area contributed by atoms with E-state index in [-0.39, 0.29) is 24.4 Å². The van der Waals surface area contributed by atoms with Crippen molar-refractivity contribution in [3.05, 3.63) is 65.2 Å².